The first-order valence-corrected chi connectivity index (χ1v) is 9.44. The summed E-state index contributed by atoms with van der Waals surface area (Å²) in [4.78, 5) is 33.9. The highest BCUT2D eigenvalue weighted by atomic mass is 32.1. The van der Waals surface area contributed by atoms with E-state index in [4.69, 9.17) is 9.47 Å². The minimum atomic E-state index is -0.252. The minimum Gasteiger partial charge on any atom is -0.462 e. The van der Waals surface area contributed by atoms with Crippen LogP contribution in [-0.4, -0.2) is 34.1 Å². The number of aromatic nitrogens is 2. The zero-order valence-electron chi connectivity index (χ0n) is 13.5. The summed E-state index contributed by atoms with van der Waals surface area (Å²) in [6.45, 7) is 3.76. The lowest BCUT2D eigenvalue weighted by Crippen LogP contribution is -2.40. The molecule has 2 heterocycles. The topological polar surface area (TPSA) is 78.4 Å². The van der Waals surface area contributed by atoms with Gasteiger partial charge in [-0.05, 0) is 13.8 Å². The maximum absolute atomic E-state index is 11.9. The molecule has 24 heavy (non-hydrogen) atoms. The first-order valence-electron chi connectivity index (χ1n) is 7.68. The zero-order chi connectivity index (χ0) is 17.1. The summed E-state index contributed by atoms with van der Waals surface area (Å²) in [5, 5.41) is 0. The number of hydrogen-bond donors (Lipinski definition) is 0. The number of thiazole rings is 2. The van der Waals surface area contributed by atoms with Crippen molar-refractivity contribution in [2.75, 3.05) is 0 Å². The first kappa shape index (κ1) is 17.0. The fourth-order valence-corrected chi connectivity index (χ4v) is 3.94. The van der Waals surface area contributed by atoms with Crippen LogP contribution in [0.25, 0.3) is 0 Å². The molecular weight excluding hydrogens is 348 g/mol. The average molecular weight is 366 g/mol. The molecule has 0 saturated heterocycles. The van der Waals surface area contributed by atoms with Crippen molar-refractivity contribution in [2.24, 2.45) is 0 Å². The van der Waals surface area contributed by atoms with Crippen LogP contribution in [-0.2, 0) is 31.9 Å². The fraction of sp³-hybridized carbons (Fsp3) is 0.500. The number of nitrogens with zero attached hydrogens (tertiary/aromatic N) is 2. The SMILES string of the molecule is Cc1ncsc1CC(=O)OC1CC(OC(=O)Cc2scnc2C)C1. The summed E-state index contributed by atoms with van der Waals surface area (Å²) >= 11 is 2.91. The third-order valence-electron chi connectivity index (χ3n) is 3.95. The molecule has 1 fully saturated rings. The van der Waals surface area contributed by atoms with E-state index in [2.05, 4.69) is 9.97 Å². The Morgan fingerprint density at radius 3 is 1.71 bits per heavy atom. The highest BCUT2D eigenvalue weighted by Gasteiger charge is 2.35. The Bertz CT molecular complexity index is 674. The first-order chi connectivity index (χ1) is 11.5. The maximum Gasteiger partial charge on any atom is 0.311 e. The normalized spacial score (nSPS) is 19.6. The minimum absolute atomic E-state index is 0.159. The quantitative estimate of drug-likeness (QED) is 0.731. The van der Waals surface area contributed by atoms with Gasteiger partial charge in [0.15, 0.2) is 0 Å². The lowest BCUT2D eigenvalue weighted by molar-refractivity contribution is -0.169. The summed E-state index contributed by atoms with van der Waals surface area (Å²) in [5.74, 6) is -0.505. The smallest absolute Gasteiger partial charge is 0.311 e. The number of carbonyl (C=O) groups is 2. The molecule has 128 valence electrons. The highest BCUT2D eigenvalue weighted by molar-refractivity contribution is 7.10. The van der Waals surface area contributed by atoms with E-state index in [1.54, 1.807) is 11.0 Å². The van der Waals surface area contributed by atoms with Gasteiger partial charge in [-0.15, -0.1) is 22.7 Å². The summed E-state index contributed by atoms with van der Waals surface area (Å²) in [6, 6.07) is 0. The van der Waals surface area contributed by atoms with Gasteiger partial charge in [-0.3, -0.25) is 9.59 Å². The van der Waals surface area contributed by atoms with Gasteiger partial charge in [-0.2, -0.15) is 0 Å². The molecule has 0 amide bonds. The second-order valence-electron chi connectivity index (χ2n) is 5.77. The summed E-state index contributed by atoms with van der Waals surface area (Å²) in [7, 11) is 0. The van der Waals surface area contributed by atoms with Crippen molar-refractivity contribution in [2.45, 2.75) is 51.7 Å². The van der Waals surface area contributed by atoms with Gasteiger partial charge in [0.05, 0.1) is 35.3 Å². The molecular formula is C16H18N2O4S2. The Hall–Kier alpha value is -1.80. The number of esters is 2. The van der Waals surface area contributed by atoms with Gasteiger partial charge < -0.3 is 9.47 Å². The van der Waals surface area contributed by atoms with Gasteiger partial charge in [0.1, 0.15) is 12.2 Å². The molecule has 0 N–H and O–H groups in total. The second kappa shape index (κ2) is 7.40. The van der Waals surface area contributed by atoms with Crippen LogP contribution in [0, 0.1) is 13.8 Å². The predicted molar refractivity (Wildman–Crippen MR) is 90.1 cm³/mol. The van der Waals surface area contributed by atoms with E-state index < -0.39 is 0 Å². The predicted octanol–water partition coefficient (Wildman–Crippen LogP) is 2.62. The molecule has 0 atom stereocenters. The molecule has 1 saturated carbocycles. The van der Waals surface area contributed by atoms with E-state index in [-0.39, 0.29) is 37.0 Å². The molecule has 0 spiro atoms. The Labute approximate surface area is 147 Å². The Kier molecular flexibility index (Phi) is 5.25. The van der Waals surface area contributed by atoms with Crippen LogP contribution in [0.3, 0.4) is 0 Å². The Morgan fingerprint density at radius 1 is 0.958 bits per heavy atom. The van der Waals surface area contributed by atoms with Crippen molar-refractivity contribution < 1.29 is 19.1 Å². The molecule has 0 aromatic carbocycles. The molecule has 3 rings (SSSR count). The van der Waals surface area contributed by atoms with Crippen LogP contribution in [0.5, 0.6) is 0 Å². The third kappa shape index (κ3) is 4.18. The average Bonchev–Trinajstić information content (AvgIpc) is 3.06. The largest absolute Gasteiger partial charge is 0.462 e. The van der Waals surface area contributed by atoms with Gasteiger partial charge in [0, 0.05) is 22.6 Å². The third-order valence-corrected chi connectivity index (χ3v) is 5.82. The molecule has 0 unspecified atom stereocenters. The number of rotatable bonds is 6. The lowest BCUT2D eigenvalue weighted by Gasteiger charge is -2.33. The molecule has 0 radical (unpaired) electrons. The van der Waals surface area contributed by atoms with Crippen molar-refractivity contribution in [1.82, 2.24) is 9.97 Å². The standard InChI is InChI=1S/C16H18N2O4S2/c1-9-13(23-7-17-9)5-15(19)21-11-3-12(4-11)22-16(20)6-14-10(2)18-8-24-14/h7-8,11-12H,3-6H2,1-2H3. The number of aryl methyl sites for hydroxylation is 2. The van der Waals surface area contributed by atoms with E-state index in [0.29, 0.717) is 12.8 Å². The second-order valence-corrected chi connectivity index (χ2v) is 7.65. The summed E-state index contributed by atoms with van der Waals surface area (Å²) in [6.07, 6.45) is 1.33. The van der Waals surface area contributed by atoms with Crippen LogP contribution >= 0.6 is 22.7 Å². The summed E-state index contributed by atoms with van der Waals surface area (Å²) < 4.78 is 10.8. The van der Waals surface area contributed by atoms with Gasteiger partial charge in [0.2, 0.25) is 0 Å². The fourth-order valence-electron chi connectivity index (χ4n) is 2.42. The van der Waals surface area contributed by atoms with Crippen LogP contribution in [0.1, 0.15) is 34.0 Å². The van der Waals surface area contributed by atoms with Gasteiger partial charge >= 0.3 is 11.9 Å². The van der Waals surface area contributed by atoms with Crippen LogP contribution in [0.4, 0.5) is 0 Å². The molecule has 0 bridgehead atoms. The van der Waals surface area contributed by atoms with E-state index in [9.17, 15) is 9.59 Å². The van der Waals surface area contributed by atoms with Gasteiger partial charge in [-0.25, -0.2) is 9.97 Å². The monoisotopic (exact) mass is 366 g/mol. The zero-order valence-corrected chi connectivity index (χ0v) is 15.1. The van der Waals surface area contributed by atoms with Crippen molar-refractivity contribution in [1.29, 1.82) is 0 Å². The summed E-state index contributed by atoms with van der Waals surface area (Å²) in [5.41, 5.74) is 5.19. The van der Waals surface area contributed by atoms with Gasteiger partial charge in [-0.1, -0.05) is 0 Å². The molecule has 2 aromatic heterocycles. The number of hydrogen-bond acceptors (Lipinski definition) is 8. The van der Waals surface area contributed by atoms with E-state index in [1.165, 1.54) is 22.7 Å². The molecule has 1 aliphatic rings. The van der Waals surface area contributed by atoms with Crippen molar-refractivity contribution in [3.8, 4) is 0 Å². The van der Waals surface area contributed by atoms with E-state index in [1.807, 2.05) is 13.8 Å². The van der Waals surface area contributed by atoms with Crippen molar-refractivity contribution in [3.05, 3.63) is 32.2 Å². The van der Waals surface area contributed by atoms with Crippen LogP contribution < -0.4 is 0 Å². The molecule has 0 aliphatic heterocycles. The van der Waals surface area contributed by atoms with Gasteiger partial charge in [0.25, 0.3) is 0 Å². The van der Waals surface area contributed by atoms with Crippen molar-refractivity contribution >= 4 is 34.6 Å². The lowest BCUT2D eigenvalue weighted by atomic mass is 9.92. The molecule has 6 nitrogen and oxygen atoms in total. The van der Waals surface area contributed by atoms with E-state index >= 15 is 0 Å². The molecule has 1 aliphatic carbocycles. The number of ether oxygens (including phenoxy) is 2. The van der Waals surface area contributed by atoms with E-state index in [0.717, 1.165) is 21.1 Å². The maximum atomic E-state index is 11.9. The highest BCUT2D eigenvalue weighted by Crippen LogP contribution is 2.28. The van der Waals surface area contributed by atoms with Crippen LogP contribution in [0.15, 0.2) is 11.0 Å². The molecule has 8 heteroatoms. The Morgan fingerprint density at radius 2 is 1.38 bits per heavy atom. The number of carbonyl (C=O) groups excluding carboxylic acids is 2. The molecule has 2 aromatic rings. The van der Waals surface area contributed by atoms with Crippen molar-refractivity contribution in [3.63, 3.8) is 0 Å². The van der Waals surface area contributed by atoms with Crippen LogP contribution in [0.2, 0.25) is 0 Å². The Balaban J connectivity index is 1.36.